The molecule has 0 saturated heterocycles. The molecule has 8 heteroatoms. The van der Waals surface area contributed by atoms with Gasteiger partial charge in [-0.05, 0) is 42.0 Å². The molecular weight excluding hydrogens is 392 g/mol. The standard InChI is InChI=1S/C22H19F2N3O3/c23-16-5-6-19(18(24)12-16)26-22(28)27(10-8-17-3-1-2-9-25-17)13-15-4-7-20-21(11-15)30-14-29-20/h1-7,9,11-12H,8,10,13-14H2,(H,26,28). The van der Waals surface area contributed by atoms with Crippen LogP contribution in [0, 0.1) is 11.6 Å². The Morgan fingerprint density at radius 1 is 1.07 bits per heavy atom. The van der Waals surface area contributed by atoms with Gasteiger partial charge in [0.15, 0.2) is 11.5 Å². The zero-order valence-corrected chi connectivity index (χ0v) is 16.0. The lowest BCUT2D eigenvalue weighted by atomic mass is 10.1. The summed E-state index contributed by atoms with van der Waals surface area (Å²) in [6.45, 7) is 0.769. The topological polar surface area (TPSA) is 63.7 Å². The van der Waals surface area contributed by atoms with E-state index in [1.165, 1.54) is 11.0 Å². The normalized spacial score (nSPS) is 11.9. The zero-order valence-electron chi connectivity index (χ0n) is 16.0. The Bertz CT molecular complexity index is 1050. The van der Waals surface area contributed by atoms with Crippen LogP contribution in [0.5, 0.6) is 11.5 Å². The molecule has 0 unspecified atom stereocenters. The van der Waals surface area contributed by atoms with Gasteiger partial charge in [-0.1, -0.05) is 12.1 Å². The number of anilines is 1. The molecule has 3 aromatic rings. The highest BCUT2D eigenvalue weighted by atomic mass is 19.1. The van der Waals surface area contributed by atoms with Gasteiger partial charge in [-0.25, -0.2) is 13.6 Å². The molecule has 0 radical (unpaired) electrons. The summed E-state index contributed by atoms with van der Waals surface area (Å²) in [5.41, 5.74) is 1.57. The second kappa shape index (κ2) is 8.77. The number of nitrogens with one attached hydrogen (secondary N) is 1. The van der Waals surface area contributed by atoms with Gasteiger partial charge in [0, 0.05) is 37.5 Å². The van der Waals surface area contributed by atoms with E-state index in [-0.39, 0.29) is 19.0 Å². The number of urea groups is 1. The first kappa shape index (κ1) is 19.6. The molecule has 0 saturated carbocycles. The van der Waals surface area contributed by atoms with Crippen molar-refractivity contribution in [2.45, 2.75) is 13.0 Å². The molecule has 2 aromatic carbocycles. The molecule has 2 amide bonds. The van der Waals surface area contributed by atoms with Crippen LogP contribution in [0.1, 0.15) is 11.3 Å². The van der Waals surface area contributed by atoms with Gasteiger partial charge < -0.3 is 19.7 Å². The van der Waals surface area contributed by atoms with E-state index >= 15 is 0 Å². The van der Waals surface area contributed by atoms with Crippen LogP contribution in [0.4, 0.5) is 19.3 Å². The number of hydrogen-bond donors (Lipinski definition) is 1. The molecule has 0 bridgehead atoms. The van der Waals surface area contributed by atoms with Crippen molar-refractivity contribution in [1.82, 2.24) is 9.88 Å². The number of fused-ring (bicyclic) bond motifs is 1. The first-order chi connectivity index (χ1) is 14.6. The number of carbonyl (C=O) groups excluding carboxylic acids is 1. The number of nitrogens with zero attached hydrogens (tertiary/aromatic N) is 2. The van der Waals surface area contributed by atoms with E-state index in [9.17, 15) is 13.6 Å². The Morgan fingerprint density at radius 2 is 1.93 bits per heavy atom. The van der Waals surface area contributed by atoms with Crippen molar-refractivity contribution in [2.75, 3.05) is 18.7 Å². The predicted octanol–water partition coefficient (Wildman–Crippen LogP) is 4.37. The van der Waals surface area contributed by atoms with Gasteiger partial charge >= 0.3 is 6.03 Å². The van der Waals surface area contributed by atoms with Crippen LogP contribution in [0.25, 0.3) is 0 Å². The smallest absolute Gasteiger partial charge is 0.322 e. The third-order valence-corrected chi connectivity index (χ3v) is 4.63. The number of ether oxygens (including phenoxy) is 2. The molecule has 1 N–H and O–H groups in total. The highest BCUT2D eigenvalue weighted by Gasteiger charge is 2.19. The summed E-state index contributed by atoms with van der Waals surface area (Å²) in [6, 6.07) is 13.5. The van der Waals surface area contributed by atoms with Crippen LogP contribution in [-0.4, -0.2) is 29.3 Å². The second-order valence-electron chi connectivity index (χ2n) is 6.73. The van der Waals surface area contributed by atoms with Crippen molar-refractivity contribution < 1.29 is 23.0 Å². The van der Waals surface area contributed by atoms with Crippen molar-refractivity contribution in [1.29, 1.82) is 0 Å². The Labute approximate surface area is 172 Å². The maximum atomic E-state index is 14.0. The van der Waals surface area contributed by atoms with Gasteiger partial charge in [-0.15, -0.1) is 0 Å². The van der Waals surface area contributed by atoms with Gasteiger partial charge in [0.2, 0.25) is 6.79 Å². The van der Waals surface area contributed by atoms with Gasteiger partial charge in [0.05, 0.1) is 5.69 Å². The first-order valence-electron chi connectivity index (χ1n) is 9.38. The van der Waals surface area contributed by atoms with Gasteiger partial charge in [-0.2, -0.15) is 0 Å². The fourth-order valence-corrected chi connectivity index (χ4v) is 3.09. The molecule has 0 atom stereocenters. The van der Waals surface area contributed by atoms with Crippen LogP contribution in [-0.2, 0) is 13.0 Å². The maximum Gasteiger partial charge on any atom is 0.322 e. The average molecular weight is 411 g/mol. The lowest BCUT2D eigenvalue weighted by molar-refractivity contribution is 0.174. The van der Waals surface area contributed by atoms with Crippen molar-refractivity contribution >= 4 is 11.7 Å². The number of halogens is 2. The summed E-state index contributed by atoms with van der Waals surface area (Å²) in [6.07, 6.45) is 2.20. The van der Waals surface area contributed by atoms with Crippen molar-refractivity contribution in [2.24, 2.45) is 0 Å². The number of rotatable bonds is 6. The fourth-order valence-electron chi connectivity index (χ4n) is 3.09. The summed E-state index contributed by atoms with van der Waals surface area (Å²) >= 11 is 0. The lowest BCUT2D eigenvalue weighted by Gasteiger charge is -2.23. The molecule has 1 aliphatic rings. The monoisotopic (exact) mass is 411 g/mol. The van der Waals surface area contributed by atoms with Gasteiger partial charge in [0.25, 0.3) is 0 Å². The number of benzene rings is 2. The molecule has 2 heterocycles. The van der Waals surface area contributed by atoms with Crippen molar-refractivity contribution in [3.63, 3.8) is 0 Å². The number of hydrogen-bond acceptors (Lipinski definition) is 4. The molecule has 30 heavy (non-hydrogen) atoms. The summed E-state index contributed by atoms with van der Waals surface area (Å²) in [7, 11) is 0. The van der Waals surface area contributed by atoms with E-state index in [1.807, 2.05) is 30.3 Å². The lowest BCUT2D eigenvalue weighted by Crippen LogP contribution is -2.36. The van der Waals surface area contributed by atoms with Crippen molar-refractivity contribution in [3.05, 3.63) is 83.7 Å². The quantitative estimate of drug-likeness (QED) is 0.655. The summed E-state index contributed by atoms with van der Waals surface area (Å²) in [5.74, 6) is -0.284. The summed E-state index contributed by atoms with van der Waals surface area (Å²) in [5, 5.41) is 2.52. The highest BCUT2D eigenvalue weighted by Crippen LogP contribution is 2.33. The average Bonchev–Trinajstić information content (AvgIpc) is 3.21. The summed E-state index contributed by atoms with van der Waals surface area (Å²) in [4.78, 5) is 18.7. The van der Waals surface area contributed by atoms with Crippen LogP contribution in [0.2, 0.25) is 0 Å². The maximum absolute atomic E-state index is 14.0. The van der Waals surface area contributed by atoms with Crippen LogP contribution >= 0.6 is 0 Å². The van der Waals surface area contributed by atoms with E-state index in [2.05, 4.69) is 10.3 Å². The minimum absolute atomic E-state index is 0.0880. The number of amides is 2. The molecular formula is C22H19F2N3O3. The summed E-state index contributed by atoms with van der Waals surface area (Å²) < 4.78 is 37.9. The van der Waals surface area contributed by atoms with Gasteiger partial charge in [-0.3, -0.25) is 4.98 Å². The molecule has 1 aromatic heterocycles. The Hall–Kier alpha value is -3.68. The minimum atomic E-state index is -0.837. The second-order valence-corrected chi connectivity index (χ2v) is 6.73. The van der Waals surface area contributed by atoms with Crippen LogP contribution < -0.4 is 14.8 Å². The van der Waals surface area contributed by atoms with E-state index in [0.717, 1.165) is 23.4 Å². The molecule has 4 rings (SSSR count). The Morgan fingerprint density at radius 3 is 2.73 bits per heavy atom. The number of aromatic nitrogens is 1. The molecule has 0 spiro atoms. The van der Waals surface area contributed by atoms with E-state index in [4.69, 9.17) is 9.47 Å². The Kier molecular flexibility index (Phi) is 5.74. The van der Waals surface area contributed by atoms with E-state index < -0.39 is 17.7 Å². The largest absolute Gasteiger partial charge is 0.454 e. The predicted molar refractivity (Wildman–Crippen MR) is 106 cm³/mol. The zero-order chi connectivity index (χ0) is 20.9. The van der Waals surface area contributed by atoms with E-state index in [0.29, 0.717) is 24.5 Å². The number of pyridine rings is 1. The van der Waals surface area contributed by atoms with Crippen LogP contribution in [0.3, 0.4) is 0 Å². The third kappa shape index (κ3) is 4.65. The molecule has 1 aliphatic heterocycles. The molecule has 0 aliphatic carbocycles. The van der Waals surface area contributed by atoms with E-state index in [1.54, 1.807) is 12.3 Å². The fraction of sp³-hybridized carbons (Fsp3) is 0.182. The number of carbonyl (C=O) groups is 1. The SMILES string of the molecule is O=C(Nc1ccc(F)cc1F)N(CCc1ccccn1)Cc1ccc2c(c1)OCO2. The van der Waals surface area contributed by atoms with Crippen LogP contribution in [0.15, 0.2) is 60.8 Å². The molecule has 0 fully saturated rings. The van der Waals surface area contributed by atoms with Crippen molar-refractivity contribution in [3.8, 4) is 11.5 Å². The first-order valence-corrected chi connectivity index (χ1v) is 9.38. The third-order valence-electron chi connectivity index (χ3n) is 4.63. The molecule has 6 nitrogen and oxygen atoms in total. The highest BCUT2D eigenvalue weighted by molar-refractivity contribution is 5.89. The minimum Gasteiger partial charge on any atom is -0.454 e. The Balaban J connectivity index is 1.51. The van der Waals surface area contributed by atoms with Gasteiger partial charge in [0.1, 0.15) is 11.6 Å². The molecule has 154 valence electrons.